The second-order valence-electron chi connectivity index (χ2n) is 5.88. The fraction of sp³-hybridized carbons (Fsp3) is 0.471. The van der Waals surface area contributed by atoms with E-state index in [9.17, 15) is 18.8 Å². The van der Waals surface area contributed by atoms with Crippen LogP contribution in [0.3, 0.4) is 0 Å². The van der Waals surface area contributed by atoms with Crippen LogP contribution < -0.4 is 10.2 Å². The van der Waals surface area contributed by atoms with Crippen LogP contribution in [0.5, 0.6) is 0 Å². The van der Waals surface area contributed by atoms with Crippen LogP contribution in [0, 0.1) is 5.92 Å². The van der Waals surface area contributed by atoms with Crippen molar-refractivity contribution < 1.29 is 23.9 Å². The van der Waals surface area contributed by atoms with E-state index in [0.29, 0.717) is 5.69 Å². The minimum Gasteiger partial charge on any atom is -0.480 e. The molecule has 24 heavy (non-hydrogen) atoms. The Morgan fingerprint density at radius 1 is 1.38 bits per heavy atom. The van der Waals surface area contributed by atoms with Crippen LogP contribution in [0.15, 0.2) is 24.3 Å². The van der Waals surface area contributed by atoms with E-state index >= 15 is 0 Å². The first-order valence-electron chi connectivity index (χ1n) is 7.94. The molecule has 1 aromatic carbocycles. The van der Waals surface area contributed by atoms with Gasteiger partial charge in [-0.25, -0.2) is 9.18 Å². The number of benzene rings is 1. The van der Waals surface area contributed by atoms with E-state index in [1.165, 1.54) is 10.5 Å². The molecule has 130 valence electrons. The molecule has 0 saturated carbocycles. The molecule has 1 heterocycles. The number of carbonyl (C=O) groups excluding carboxylic acids is 2. The zero-order valence-corrected chi connectivity index (χ0v) is 13.5. The molecule has 7 heteroatoms. The summed E-state index contributed by atoms with van der Waals surface area (Å²) in [5, 5.41) is 10.9. The van der Waals surface area contributed by atoms with Gasteiger partial charge in [-0.15, -0.1) is 0 Å². The van der Waals surface area contributed by atoms with Crippen molar-refractivity contribution in [1.82, 2.24) is 5.32 Å². The first kappa shape index (κ1) is 17.9. The molecule has 2 amide bonds. The van der Waals surface area contributed by atoms with Gasteiger partial charge in [0.1, 0.15) is 6.67 Å². The predicted octanol–water partition coefficient (Wildman–Crippen LogP) is 1.53. The summed E-state index contributed by atoms with van der Waals surface area (Å²) in [6, 6.07) is 6.00. The number of carbonyl (C=O) groups is 3. The number of anilines is 1. The van der Waals surface area contributed by atoms with Crippen molar-refractivity contribution in [1.29, 1.82) is 0 Å². The van der Waals surface area contributed by atoms with Crippen molar-refractivity contribution in [2.75, 3.05) is 18.1 Å². The van der Waals surface area contributed by atoms with E-state index in [1.54, 1.807) is 0 Å². The molecule has 1 aromatic rings. The number of nitrogens with one attached hydrogen (secondary N) is 1. The van der Waals surface area contributed by atoms with Gasteiger partial charge in [0.2, 0.25) is 11.8 Å². The summed E-state index contributed by atoms with van der Waals surface area (Å²) in [4.78, 5) is 36.5. The number of halogens is 1. The molecule has 1 aliphatic rings. The van der Waals surface area contributed by atoms with Crippen LogP contribution in [-0.2, 0) is 20.8 Å². The van der Waals surface area contributed by atoms with Crippen molar-refractivity contribution in [2.45, 2.75) is 32.2 Å². The molecule has 2 N–H and O–H groups in total. The number of amides is 2. The molecule has 2 rings (SSSR count). The van der Waals surface area contributed by atoms with Crippen molar-refractivity contribution in [3.8, 4) is 0 Å². The number of carboxylic acids is 1. The van der Waals surface area contributed by atoms with E-state index in [0.717, 1.165) is 12.8 Å². The van der Waals surface area contributed by atoms with Crippen LogP contribution in [0.1, 0.15) is 25.3 Å². The Bertz CT molecular complexity index is 618. The summed E-state index contributed by atoms with van der Waals surface area (Å²) < 4.78 is 12.6. The van der Waals surface area contributed by atoms with Crippen molar-refractivity contribution in [3.63, 3.8) is 0 Å². The topological polar surface area (TPSA) is 86.7 Å². The lowest BCUT2D eigenvalue weighted by atomic mass is 10.1. The maximum absolute atomic E-state index is 12.6. The summed E-state index contributed by atoms with van der Waals surface area (Å²) in [7, 11) is 0. The number of carboxylic acid groups (broad SMARTS) is 1. The van der Waals surface area contributed by atoms with Gasteiger partial charge in [0.25, 0.3) is 0 Å². The zero-order valence-electron chi connectivity index (χ0n) is 13.5. The molecule has 0 bridgehead atoms. The van der Waals surface area contributed by atoms with Gasteiger partial charge in [0, 0.05) is 18.7 Å². The highest BCUT2D eigenvalue weighted by atomic mass is 19.1. The molecule has 1 fully saturated rings. The highest BCUT2D eigenvalue weighted by Gasteiger charge is 2.36. The lowest BCUT2D eigenvalue weighted by molar-refractivity contribution is -0.142. The van der Waals surface area contributed by atoms with E-state index < -0.39 is 30.5 Å². The summed E-state index contributed by atoms with van der Waals surface area (Å²) in [6.45, 7) is 1.06. The highest BCUT2D eigenvalue weighted by Crippen LogP contribution is 2.25. The van der Waals surface area contributed by atoms with Crippen molar-refractivity contribution >= 4 is 23.5 Å². The van der Waals surface area contributed by atoms with E-state index in [-0.39, 0.29) is 18.9 Å². The minimum atomic E-state index is -1.57. The second kappa shape index (κ2) is 7.90. The lowest BCUT2D eigenvalue weighted by Crippen LogP contribution is -2.45. The fourth-order valence-corrected chi connectivity index (χ4v) is 2.72. The Labute approximate surface area is 139 Å². The summed E-state index contributed by atoms with van der Waals surface area (Å²) in [5.74, 6) is -2.93. The average Bonchev–Trinajstić information content (AvgIpc) is 2.95. The fourth-order valence-electron chi connectivity index (χ4n) is 2.72. The maximum Gasteiger partial charge on any atom is 0.328 e. The third kappa shape index (κ3) is 4.10. The Morgan fingerprint density at radius 3 is 2.58 bits per heavy atom. The van der Waals surface area contributed by atoms with Gasteiger partial charge in [0.05, 0.1) is 5.92 Å². The number of aliphatic carboxylic acids is 1. The molecule has 2 unspecified atom stereocenters. The van der Waals surface area contributed by atoms with E-state index in [4.69, 9.17) is 5.11 Å². The van der Waals surface area contributed by atoms with Gasteiger partial charge in [-0.2, -0.15) is 0 Å². The molecule has 0 aliphatic carbocycles. The molecular formula is C17H21FN2O4. The van der Waals surface area contributed by atoms with Gasteiger partial charge < -0.3 is 15.3 Å². The molecule has 1 aliphatic heterocycles. The smallest absolute Gasteiger partial charge is 0.328 e. The molecule has 0 aromatic heterocycles. The number of hydrogen-bond acceptors (Lipinski definition) is 3. The zero-order chi connectivity index (χ0) is 17.7. The van der Waals surface area contributed by atoms with Crippen LogP contribution in [-0.4, -0.2) is 42.2 Å². The average molecular weight is 336 g/mol. The summed E-state index contributed by atoms with van der Waals surface area (Å²) in [5.41, 5.74) is 1.88. The van der Waals surface area contributed by atoms with Crippen LogP contribution >= 0.6 is 0 Å². The normalized spacial score (nSPS) is 18.5. The molecular weight excluding hydrogens is 315 g/mol. The van der Waals surface area contributed by atoms with Gasteiger partial charge >= 0.3 is 5.97 Å². The Kier molecular flexibility index (Phi) is 5.89. The third-order valence-corrected chi connectivity index (χ3v) is 4.05. The van der Waals surface area contributed by atoms with Gasteiger partial charge in [-0.1, -0.05) is 25.5 Å². The third-order valence-electron chi connectivity index (χ3n) is 4.05. The van der Waals surface area contributed by atoms with Crippen LogP contribution in [0.25, 0.3) is 0 Å². The number of rotatable bonds is 7. The minimum absolute atomic E-state index is 0.0127. The van der Waals surface area contributed by atoms with Gasteiger partial charge in [0.15, 0.2) is 6.04 Å². The summed E-state index contributed by atoms with van der Waals surface area (Å²) >= 11 is 0. The molecule has 2 atom stereocenters. The molecule has 0 radical (unpaired) electrons. The lowest BCUT2D eigenvalue weighted by Gasteiger charge is -2.18. The standard InChI is InChI=1S/C17H21FN2O4/c1-2-3-11-4-6-13(7-5-11)20-10-12(8-15(20)21)16(22)19-14(9-18)17(23)24/h4-7,12,14H,2-3,8-10H2,1H3,(H,19,22)(H,23,24). The summed E-state index contributed by atoms with van der Waals surface area (Å²) in [6.07, 6.45) is 1.98. The first-order chi connectivity index (χ1) is 11.5. The van der Waals surface area contributed by atoms with Crippen LogP contribution in [0.4, 0.5) is 10.1 Å². The number of nitrogens with zero attached hydrogens (tertiary/aromatic N) is 1. The molecule has 6 nitrogen and oxygen atoms in total. The van der Waals surface area contributed by atoms with Gasteiger partial charge in [-0.05, 0) is 24.1 Å². The second-order valence-corrected chi connectivity index (χ2v) is 5.88. The Balaban J connectivity index is 2.02. The first-order valence-corrected chi connectivity index (χ1v) is 7.94. The highest BCUT2D eigenvalue weighted by molar-refractivity contribution is 6.00. The number of hydrogen-bond donors (Lipinski definition) is 2. The van der Waals surface area contributed by atoms with Crippen LogP contribution in [0.2, 0.25) is 0 Å². The quantitative estimate of drug-likeness (QED) is 0.790. The monoisotopic (exact) mass is 336 g/mol. The van der Waals surface area contributed by atoms with Crippen molar-refractivity contribution in [3.05, 3.63) is 29.8 Å². The van der Waals surface area contributed by atoms with Crippen molar-refractivity contribution in [2.24, 2.45) is 5.92 Å². The molecule has 0 spiro atoms. The maximum atomic E-state index is 12.6. The van der Waals surface area contributed by atoms with E-state index in [1.807, 2.05) is 24.3 Å². The predicted molar refractivity (Wildman–Crippen MR) is 86.4 cm³/mol. The number of aryl methyl sites for hydroxylation is 1. The Hall–Kier alpha value is -2.44. The number of alkyl halides is 1. The van der Waals surface area contributed by atoms with Gasteiger partial charge in [-0.3, -0.25) is 9.59 Å². The largest absolute Gasteiger partial charge is 0.480 e. The Morgan fingerprint density at radius 2 is 2.04 bits per heavy atom. The molecule has 1 saturated heterocycles. The SMILES string of the molecule is CCCc1ccc(N2CC(C(=O)NC(CF)C(=O)O)CC2=O)cc1. The van der Waals surface area contributed by atoms with E-state index in [2.05, 4.69) is 12.2 Å².